The van der Waals surface area contributed by atoms with E-state index >= 15 is 0 Å². The molecule has 2 aliphatic rings. The van der Waals surface area contributed by atoms with Crippen molar-refractivity contribution in [2.45, 2.75) is 31.8 Å². The second-order valence-electron chi connectivity index (χ2n) is 7.56. The van der Waals surface area contributed by atoms with E-state index in [2.05, 4.69) is 6.07 Å². The number of anilines is 1. The normalized spacial score (nSPS) is 15.9. The largest absolute Gasteiger partial charge is 0.496 e. The Bertz CT molecular complexity index is 1210. The SMILES string of the molecule is COc1cccc(C#N)c1-c1cccc2c(N)c3c(nc12)CN(C1CCC1)C3=O. The van der Waals surface area contributed by atoms with Crippen molar-refractivity contribution in [1.29, 1.82) is 5.26 Å². The molecule has 0 bridgehead atoms. The summed E-state index contributed by atoms with van der Waals surface area (Å²) in [5.74, 6) is 0.585. The van der Waals surface area contributed by atoms with Crippen LogP contribution >= 0.6 is 0 Å². The van der Waals surface area contributed by atoms with Crippen LogP contribution < -0.4 is 10.5 Å². The number of nitriles is 1. The zero-order valence-electron chi connectivity index (χ0n) is 16.1. The molecule has 0 atom stereocenters. The molecule has 0 unspecified atom stereocenters. The average Bonchev–Trinajstić information content (AvgIpc) is 3.02. The third-order valence-corrected chi connectivity index (χ3v) is 6.08. The minimum Gasteiger partial charge on any atom is -0.496 e. The minimum absolute atomic E-state index is 0.0167. The van der Waals surface area contributed by atoms with Crippen LogP contribution in [0.5, 0.6) is 5.75 Å². The summed E-state index contributed by atoms with van der Waals surface area (Å²) in [5.41, 5.74) is 10.9. The van der Waals surface area contributed by atoms with Crippen LogP contribution in [-0.4, -0.2) is 28.9 Å². The Balaban J connectivity index is 1.75. The molecule has 1 aliphatic carbocycles. The first-order valence-corrected chi connectivity index (χ1v) is 9.73. The van der Waals surface area contributed by atoms with Crippen LogP contribution in [0.25, 0.3) is 22.0 Å². The van der Waals surface area contributed by atoms with Gasteiger partial charge in [-0.3, -0.25) is 4.79 Å². The molecule has 0 radical (unpaired) electrons. The first kappa shape index (κ1) is 17.5. The highest BCUT2D eigenvalue weighted by atomic mass is 16.5. The van der Waals surface area contributed by atoms with E-state index in [1.165, 1.54) is 0 Å². The first-order chi connectivity index (χ1) is 14.1. The number of carbonyl (C=O) groups excluding carboxylic acids is 1. The van der Waals surface area contributed by atoms with E-state index in [4.69, 9.17) is 15.5 Å². The van der Waals surface area contributed by atoms with Gasteiger partial charge in [-0.1, -0.05) is 24.3 Å². The van der Waals surface area contributed by atoms with E-state index in [1.807, 2.05) is 29.2 Å². The predicted octanol–water partition coefficient (Wildman–Crippen LogP) is 3.87. The van der Waals surface area contributed by atoms with Gasteiger partial charge in [0.15, 0.2) is 0 Å². The number of nitrogens with zero attached hydrogens (tertiary/aromatic N) is 3. The molecule has 1 fully saturated rings. The molecule has 6 nitrogen and oxygen atoms in total. The third kappa shape index (κ3) is 2.47. The van der Waals surface area contributed by atoms with Crippen LogP contribution in [0.4, 0.5) is 5.69 Å². The van der Waals surface area contributed by atoms with Crippen LogP contribution in [0.3, 0.4) is 0 Å². The fourth-order valence-corrected chi connectivity index (χ4v) is 4.36. The van der Waals surface area contributed by atoms with Gasteiger partial charge in [-0.05, 0) is 31.4 Å². The van der Waals surface area contributed by atoms with Gasteiger partial charge in [0.25, 0.3) is 5.91 Å². The topological polar surface area (TPSA) is 92.2 Å². The Morgan fingerprint density at radius 2 is 2.00 bits per heavy atom. The summed E-state index contributed by atoms with van der Waals surface area (Å²) in [6.45, 7) is 0.490. The van der Waals surface area contributed by atoms with Crippen molar-refractivity contribution in [3.05, 3.63) is 53.2 Å². The number of hydrogen-bond acceptors (Lipinski definition) is 5. The van der Waals surface area contributed by atoms with Crippen LogP contribution in [0.1, 0.15) is 40.9 Å². The minimum atomic E-state index is -0.0167. The summed E-state index contributed by atoms with van der Waals surface area (Å²) in [5, 5.41) is 10.4. The molecule has 5 rings (SSSR count). The molecule has 1 aromatic heterocycles. The standard InChI is InChI=1S/C23H20N4O2/c1-29-18-10-2-5-13(11-24)19(18)15-8-4-9-16-21(25)20-17(26-22(15)16)12-27(23(20)28)14-6-3-7-14/h2,4-5,8-10,14H,3,6-7,12H2,1H3,(H2,25,26). The number of methoxy groups -OCH3 is 1. The molecule has 3 aromatic rings. The number of para-hydroxylation sites is 1. The second kappa shape index (κ2) is 6.49. The summed E-state index contributed by atoms with van der Waals surface area (Å²) in [4.78, 5) is 19.8. The number of pyridine rings is 1. The number of rotatable bonds is 3. The number of benzene rings is 2. The van der Waals surface area contributed by atoms with Crippen molar-refractivity contribution >= 4 is 22.5 Å². The van der Waals surface area contributed by atoms with E-state index in [9.17, 15) is 10.1 Å². The third-order valence-electron chi connectivity index (χ3n) is 6.08. The molecule has 2 heterocycles. The van der Waals surface area contributed by atoms with Crippen LogP contribution in [-0.2, 0) is 6.54 Å². The van der Waals surface area contributed by atoms with Gasteiger partial charge in [-0.2, -0.15) is 5.26 Å². The number of nitrogen functional groups attached to an aromatic ring is 1. The molecule has 29 heavy (non-hydrogen) atoms. The van der Waals surface area contributed by atoms with Gasteiger partial charge in [0.05, 0.1) is 47.7 Å². The van der Waals surface area contributed by atoms with Crippen molar-refractivity contribution < 1.29 is 9.53 Å². The van der Waals surface area contributed by atoms with E-state index in [0.717, 1.165) is 30.2 Å². The van der Waals surface area contributed by atoms with Gasteiger partial charge in [-0.25, -0.2) is 4.98 Å². The lowest BCUT2D eigenvalue weighted by molar-refractivity contribution is 0.0606. The van der Waals surface area contributed by atoms with Gasteiger partial charge in [0.2, 0.25) is 0 Å². The number of carbonyl (C=O) groups is 1. The van der Waals surface area contributed by atoms with Gasteiger partial charge >= 0.3 is 0 Å². The lowest BCUT2D eigenvalue weighted by Crippen LogP contribution is -2.40. The Morgan fingerprint density at radius 1 is 1.21 bits per heavy atom. The van der Waals surface area contributed by atoms with Crippen molar-refractivity contribution in [1.82, 2.24) is 9.88 Å². The zero-order valence-corrected chi connectivity index (χ0v) is 16.1. The number of fused-ring (bicyclic) bond motifs is 2. The summed E-state index contributed by atoms with van der Waals surface area (Å²) >= 11 is 0. The average molecular weight is 384 g/mol. The number of ether oxygens (including phenoxy) is 1. The van der Waals surface area contributed by atoms with E-state index in [0.29, 0.717) is 45.9 Å². The molecule has 2 N–H and O–H groups in total. The number of amides is 1. The lowest BCUT2D eigenvalue weighted by Gasteiger charge is -2.34. The molecule has 1 amide bonds. The zero-order chi connectivity index (χ0) is 20.1. The first-order valence-electron chi connectivity index (χ1n) is 9.73. The Labute approximate surface area is 168 Å². The fraction of sp³-hybridized carbons (Fsp3) is 0.261. The molecule has 1 saturated carbocycles. The molecule has 144 valence electrons. The van der Waals surface area contributed by atoms with Crippen LogP contribution in [0.2, 0.25) is 0 Å². The molecule has 0 saturated heterocycles. The van der Waals surface area contributed by atoms with Gasteiger partial charge in [0, 0.05) is 22.6 Å². The van der Waals surface area contributed by atoms with Crippen molar-refractivity contribution in [2.75, 3.05) is 12.8 Å². The number of hydrogen-bond donors (Lipinski definition) is 1. The molecular weight excluding hydrogens is 364 g/mol. The van der Waals surface area contributed by atoms with Crippen LogP contribution in [0, 0.1) is 11.3 Å². The fourth-order valence-electron chi connectivity index (χ4n) is 4.36. The quantitative estimate of drug-likeness (QED) is 0.740. The Hall–Kier alpha value is -3.59. The molecule has 2 aromatic carbocycles. The van der Waals surface area contributed by atoms with E-state index in [1.54, 1.807) is 19.2 Å². The highest BCUT2D eigenvalue weighted by Gasteiger charge is 2.38. The molecule has 1 aliphatic heterocycles. The van der Waals surface area contributed by atoms with Crippen LogP contribution in [0.15, 0.2) is 36.4 Å². The van der Waals surface area contributed by atoms with Gasteiger partial charge in [0.1, 0.15) is 5.75 Å². The van der Waals surface area contributed by atoms with E-state index in [-0.39, 0.29) is 11.9 Å². The molecular formula is C23H20N4O2. The smallest absolute Gasteiger partial charge is 0.258 e. The van der Waals surface area contributed by atoms with Crippen molar-refractivity contribution in [2.24, 2.45) is 0 Å². The predicted molar refractivity (Wildman–Crippen MR) is 110 cm³/mol. The number of aromatic nitrogens is 1. The summed E-state index contributed by atoms with van der Waals surface area (Å²) in [6, 6.07) is 13.6. The summed E-state index contributed by atoms with van der Waals surface area (Å²) in [6.07, 6.45) is 3.23. The Morgan fingerprint density at radius 3 is 2.69 bits per heavy atom. The van der Waals surface area contributed by atoms with Crippen molar-refractivity contribution in [3.8, 4) is 22.9 Å². The van der Waals surface area contributed by atoms with Gasteiger partial charge < -0.3 is 15.4 Å². The maximum atomic E-state index is 13.0. The lowest BCUT2D eigenvalue weighted by atomic mass is 9.92. The summed E-state index contributed by atoms with van der Waals surface area (Å²) in [7, 11) is 1.58. The molecule has 6 heteroatoms. The molecule has 0 spiro atoms. The highest BCUT2D eigenvalue weighted by molar-refractivity contribution is 6.12. The second-order valence-corrected chi connectivity index (χ2v) is 7.56. The summed E-state index contributed by atoms with van der Waals surface area (Å²) < 4.78 is 5.53. The maximum Gasteiger partial charge on any atom is 0.258 e. The van der Waals surface area contributed by atoms with Gasteiger partial charge in [-0.15, -0.1) is 0 Å². The Kier molecular flexibility index (Phi) is 3.92. The monoisotopic (exact) mass is 384 g/mol. The maximum absolute atomic E-state index is 13.0. The number of nitrogens with two attached hydrogens (primary N) is 1. The van der Waals surface area contributed by atoms with E-state index < -0.39 is 0 Å². The van der Waals surface area contributed by atoms with Crippen molar-refractivity contribution in [3.63, 3.8) is 0 Å². The highest BCUT2D eigenvalue weighted by Crippen LogP contribution is 2.41.